The molecular weight excluding hydrogens is 258 g/mol. The van der Waals surface area contributed by atoms with E-state index < -0.39 is 0 Å². The highest BCUT2D eigenvalue weighted by Gasteiger charge is 2.28. The van der Waals surface area contributed by atoms with Gasteiger partial charge in [0.1, 0.15) is 6.61 Å². The molecule has 1 aliphatic rings. The van der Waals surface area contributed by atoms with Gasteiger partial charge in [-0.2, -0.15) is 4.98 Å². The zero-order valence-corrected chi connectivity index (χ0v) is 12.5. The topological polar surface area (TPSA) is 68.5 Å². The summed E-state index contributed by atoms with van der Waals surface area (Å²) in [7, 11) is 1.54. The number of carbonyl (C=O) groups is 1. The lowest BCUT2D eigenvalue weighted by atomic mass is 9.98. The van der Waals surface area contributed by atoms with Crippen molar-refractivity contribution in [1.82, 2.24) is 15.0 Å². The van der Waals surface area contributed by atoms with Crippen LogP contribution in [0.2, 0.25) is 0 Å². The molecule has 6 nitrogen and oxygen atoms in total. The van der Waals surface area contributed by atoms with Gasteiger partial charge in [0.15, 0.2) is 5.82 Å². The Bertz CT molecular complexity index is 447. The van der Waals surface area contributed by atoms with Crippen LogP contribution in [0, 0.1) is 0 Å². The Hall–Kier alpha value is -1.43. The summed E-state index contributed by atoms with van der Waals surface area (Å²) in [6.07, 6.45) is 2.93. The smallest absolute Gasteiger partial charge is 0.248 e. The summed E-state index contributed by atoms with van der Waals surface area (Å²) in [6, 6.07) is 0. The number of likely N-dealkylation sites (tertiary alicyclic amines) is 1. The highest BCUT2D eigenvalue weighted by molar-refractivity contribution is 5.77. The fourth-order valence-electron chi connectivity index (χ4n) is 2.42. The van der Waals surface area contributed by atoms with Crippen molar-refractivity contribution in [1.29, 1.82) is 0 Å². The number of nitrogens with zero attached hydrogens (tertiary/aromatic N) is 3. The van der Waals surface area contributed by atoms with E-state index >= 15 is 0 Å². The normalized spacial score (nSPS) is 20.9. The van der Waals surface area contributed by atoms with Crippen LogP contribution in [-0.2, 0) is 9.53 Å². The molecule has 0 saturated carbocycles. The summed E-state index contributed by atoms with van der Waals surface area (Å²) in [6.45, 7) is 5.75. The minimum atomic E-state index is 0.0267. The Morgan fingerprint density at radius 1 is 1.60 bits per heavy atom. The van der Waals surface area contributed by atoms with Gasteiger partial charge in [-0.3, -0.25) is 4.79 Å². The molecule has 112 valence electrons. The summed E-state index contributed by atoms with van der Waals surface area (Å²) < 4.78 is 10.3. The van der Waals surface area contributed by atoms with Crippen LogP contribution in [0.5, 0.6) is 0 Å². The van der Waals surface area contributed by atoms with E-state index in [0.29, 0.717) is 18.4 Å². The van der Waals surface area contributed by atoms with Crippen LogP contribution in [0.15, 0.2) is 4.52 Å². The first-order valence-electron chi connectivity index (χ1n) is 7.25. The average Bonchev–Trinajstić information content (AvgIpc) is 2.96. The number of piperidine rings is 1. The second kappa shape index (κ2) is 6.83. The van der Waals surface area contributed by atoms with Gasteiger partial charge in [0, 0.05) is 26.1 Å². The van der Waals surface area contributed by atoms with E-state index in [2.05, 4.69) is 24.0 Å². The minimum Gasteiger partial charge on any atom is -0.375 e. The van der Waals surface area contributed by atoms with Crippen LogP contribution < -0.4 is 0 Å². The van der Waals surface area contributed by atoms with E-state index in [1.165, 1.54) is 7.11 Å². The van der Waals surface area contributed by atoms with Crippen LogP contribution in [0.4, 0.5) is 0 Å². The van der Waals surface area contributed by atoms with Crippen LogP contribution in [0.25, 0.3) is 0 Å². The third kappa shape index (κ3) is 3.36. The van der Waals surface area contributed by atoms with Gasteiger partial charge in [-0.1, -0.05) is 19.0 Å². The van der Waals surface area contributed by atoms with E-state index in [-0.39, 0.29) is 18.4 Å². The number of aromatic nitrogens is 2. The van der Waals surface area contributed by atoms with Gasteiger partial charge in [0.2, 0.25) is 11.8 Å². The average molecular weight is 281 g/mol. The molecule has 0 bridgehead atoms. The molecule has 0 unspecified atom stereocenters. The molecule has 2 heterocycles. The van der Waals surface area contributed by atoms with E-state index in [1.807, 2.05) is 4.90 Å². The molecule has 1 amide bonds. The van der Waals surface area contributed by atoms with Gasteiger partial charge in [0.05, 0.1) is 5.92 Å². The van der Waals surface area contributed by atoms with Crippen molar-refractivity contribution in [3.05, 3.63) is 11.7 Å². The Labute approximate surface area is 119 Å². The minimum absolute atomic E-state index is 0.0267. The van der Waals surface area contributed by atoms with Gasteiger partial charge in [0.25, 0.3) is 0 Å². The Morgan fingerprint density at radius 3 is 3.10 bits per heavy atom. The number of hydrogen-bond acceptors (Lipinski definition) is 5. The van der Waals surface area contributed by atoms with Gasteiger partial charge in [-0.05, 0) is 19.3 Å². The maximum absolute atomic E-state index is 11.9. The summed E-state index contributed by atoms with van der Waals surface area (Å²) in [5.41, 5.74) is 0. The first-order chi connectivity index (χ1) is 9.65. The van der Waals surface area contributed by atoms with E-state index in [0.717, 1.165) is 31.6 Å². The lowest BCUT2D eigenvalue weighted by molar-refractivity contribution is -0.136. The first kappa shape index (κ1) is 15.0. The molecule has 20 heavy (non-hydrogen) atoms. The van der Waals surface area contributed by atoms with Gasteiger partial charge in [-0.25, -0.2) is 0 Å². The van der Waals surface area contributed by atoms with Gasteiger partial charge >= 0.3 is 0 Å². The molecule has 1 aliphatic heterocycles. The number of methoxy groups -OCH3 is 1. The Kier molecular flexibility index (Phi) is 5.11. The van der Waals surface area contributed by atoms with Crippen LogP contribution >= 0.6 is 0 Å². The van der Waals surface area contributed by atoms with Crippen molar-refractivity contribution < 1.29 is 14.1 Å². The molecule has 1 aromatic heterocycles. The first-order valence-corrected chi connectivity index (χ1v) is 7.25. The van der Waals surface area contributed by atoms with Crippen LogP contribution in [-0.4, -0.2) is 47.8 Å². The fraction of sp³-hybridized carbons (Fsp3) is 0.786. The number of hydrogen-bond donors (Lipinski definition) is 0. The number of ether oxygens (including phenoxy) is 1. The molecule has 0 aliphatic carbocycles. The van der Waals surface area contributed by atoms with E-state index in [4.69, 9.17) is 9.26 Å². The molecular formula is C14H23N3O3. The molecule has 1 fully saturated rings. The Morgan fingerprint density at radius 2 is 2.40 bits per heavy atom. The highest BCUT2D eigenvalue weighted by atomic mass is 16.5. The van der Waals surface area contributed by atoms with Gasteiger partial charge in [-0.15, -0.1) is 0 Å². The second-order valence-electron chi connectivity index (χ2n) is 5.41. The zero-order valence-electron chi connectivity index (χ0n) is 12.5. The van der Waals surface area contributed by atoms with Crippen LogP contribution in [0.3, 0.4) is 0 Å². The number of rotatable bonds is 5. The van der Waals surface area contributed by atoms with Crippen molar-refractivity contribution in [2.45, 2.75) is 44.9 Å². The monoisotopic (exact) mass is 281 g/mol. The summed E-state index contributed by atoms with van der Waals surface area (Å²) in [5.74, 6) is 1.91. The van der Waals surface area contributed by atoms with Crippen molar-refractivity contribution in [3.63, 3.8) is 0 Å². The Balaban J connectivity index is 2.01. The molecule has 1 saturated heterocycles. The number of carbonyl (C=O) groups excluding carboxylic acids is 1. The molecule has 0 spiro atoms. The van der Waals surface area contributed by atoms with Crippen molar-refractivity contribution >= 4 is 5.91 Å². The van der Waals surface area contributed by atoms with Crippen LogP contribution in [0.1, 0.15) is 56.7 Å². The molecule has 1 aromatic rings. The number of amides is 1. The van der Waals surface area contributed by atoms with E-state index in [9.17, 15) is 4.79 Å². The lowest BCUT2D eigenvalue weighted by Gasteiger charge is -2.30. The van der Waals surface area contributed by atoms with Crippen molar-refractivity contribution in [2.24, 2.45) is 0 Å². The molecule has 0 aromatic carbocycles. The fourth-order valence-corrected chi connectivity index (χ4v) is 2.42. The lowest BCUT2D eigenvalue weighted by Crippen LogP contribution is -2.40. The third-order valence-electron chi connectivity index (χ3n) is 3.90. The largest absolute Gasteiger partial charge is 0.375 e. The summed E-state index contributed by atoms with van der Waals surface area (Å²) in [4.78, 5) is 18.2. The van der Waals surface area contributed by atoms with Crippen molar-refractivity contribution in [3.8, 4) is 0 Å². The predicted octanol–water partition coefficient (Wildman–Crippen LogP) is 1.94. The van der Waals surface area contributed by atoms with Crippen molar-refractivity contribution in [2.75, 3.05) is 26.8 Å². The molecule has 0 N–H and O–H groups in total. The highest BCUT2D eigenvalue weighted by Crippen LogP contribution is 2.27. The SMILES string of the molecule is CC[C@@H](C)c1noc([C@@H]2CCCN(C(=O)COC)C2)n1. The van der Waals surface area contributed by atoms with E-state index in [1.54, 1.807) is 0 Å². The zero-order chi connectivity index (χ0) is 14.5. The maximum Gasteiger partial charge on any atom is 0.248 e. The quantitative estimate of drug-likeness (QED) is 0.825. The summed E-state index contributed by atoms with van der Waals surface area (Å²) >= 11 is 0. The standard InChI is InChI=1S/C14H23N3O3/c1-4-10(2)13-15-14(20-16-13)11-6-5-7-17(8-11)12(18)9-19-3/h10-11H,4-9H2,1-3H3/t10-,11-/m1/s1. The summed E-state index contributed by atoms with van der Waals surface area (Å²) in [5, 5.41) is 4.05. The van der Waals surface area contributed by atoms with Gasteiger partial charge < -0.3 is 14.2 Å². The molecule has 2 rings (SSSR count). The molecule has 0 radical (unpaired) electrons. The second-order valence-corrected chi connectivity index (χ2v) is 5.41. The predicted molar refractivity (Wildman–Crippen MR) is 73.4 cm³/mol. The molecule has 2 atom stereocenters. The molecule has 6 heteroatoms. The maximum atomic E-state index is 11.9. The third-order valence-corrected chi connectivity index (χ3v) is 3.90.